The van der Waals surface area contributed by atoms with Gasteiger partial charge in [-0.15, -0.1) is 0 Å². The molecule has 1 saturated carbocycles. The van der Waals surface area contributed by atoms with Crippen molar-refractivity contribution in [2.75, 3.05) is 32.0 Å². The fourth-order valence-corrected chi connectivity index (χ4v) is 4.66. The topological polar surface area (TPSA) is 99.8 Å². The van der Waals surface area contributed by atoms with Crippen LogP contribution in [0.3, 0.4) is 0 Å². The number of nitrogens with two attached hydrogens (primary N) is 1. The van der Waals surface area contributed by atoms with Crippen molar-refractivity contribution in [2.24, 2.45) is 22.1 Å². The fraction of sp³-hybridized carbons (Fsp3) is 0.542. The van der Waals surface area contributed by atoms with Gasteiger partial charge in [-0.2, -0.15) is 0 Å². The second-order valence-corrected chi connectivity index (χ2v) is 10.1. The molecular weight excluding hydrogens is 390 g/mol. The Kier molecular flexibility index (Phi) is 6.55. The smallest absolute Gasteiger partial charge is 0.234 e. The van der Waals surface area contributed by atoms with Gasteiger partial charge in [0.05, 0.1) is 6.54 Å². The minimum atomic E-state index is -0.207. The molecule has 31 heavy (non-hydrogen) atoms. The van der Waals surface area contributed by atoms with Gasteiger partial charge in [0.1, 0.15) is 0 Å². The number of hydrogen-bond donors (Lipinski definition) is 3. The van der Waals surface area contributed by atoms with Crippen molar-refractivity contribution in [1.29, 1.82) is 0 Å². The third-order valence-electron chi connectivity index (χ3n) is 5.94. The van der Waals surface area contributed by atoms with Gasteiger partial charge in [0.15, 0.2) is 0 Å². The lowest BCUT2D eigenvalue weighted by Gasteiger charge is -2.58. The Morgan fingerprint density at radius 1 is 1.29 bits per heavy atom. The number of carbonyl (C=O) groups excluding carboxylic acids is 2. The number of aliphatic imine (C=N–C) groups is 1. The Morgan fingerprint density at radius 3 is 2.55 bits per heavy atom. The Labute approximate surface area is 185 Å². The highest BCUT2D eigenvalue weighted by Gasteiger charge is 2.54. The Balaban J connectivity index is 1.46. The van der Waals surface area contributed by atoms with Crippen LogP contribution in [0, 0.1) is 18.3 Å². The molecule has 0 aromatic heterocycles. The van der Waals surface area contributed by atoms with Gasteiger partial charge >= 0.3 is 0 Å². The average molecular weight is 426 g/mol. The molecule has 1 spiro atoms. The quantitative estimate of drug-likeness (QED) is 0.610. The number of hydrogen-bond acceptors (Lipinski definition) is 5. The highest BCUT2D eigenvalue weighted by Crippen LogP contribution is 2.52. The van der Waals surface area contributed by atoms with Crippen LogP contribution in [0.25, 0.3) is 5.70 Å². The summed E-state index contributed by atoms with van der Waals surface area (Å²) in [6.45, 7) is 10.2. The zero-order valence-corrected chi connectivity index (χ0v) is 19.3. The molecule has 1 aromatic rings. The number of allylic oxidation sites excluding steroid dienone is 1. The third-order valence-corrected chi connectivity index (χ3v) is 5.94. The number of rotatable bonds is 6. The van der Waals surface area contributed by atoms with Crippen molar-refractivity contribution in [3.63, 3.8) is 0 Å². The van der Waals surface area contributed by atoms with Gasteiger partial charge in [-0.3, -0.25) is 19.5 Å². The Hall–Kier alpha value is -2.67. The minimum Gasteiger partial charge on any atom is -0.398 e. The number of amides is 2. The van der Waals surface area contributed by atoms with Crippen LogP contribution in [0.5, 0.6) is 0 Å². The van der Waals surface area contributed by atoms with Gasteiger partial charge in [-0.05, 0) is 69.7 Å². The highest BCUT2D eigenvalue weighted by atomic mass is 16.2. The molecule has 2 amide bonds. The molecule has 2 aliphatic rings. The van der Waals surface area contributed by atoms with E-state index in [-0.39, 0.29) is 28.7 Å². The maximum atomic E-state index is 12.7. The van der Waals surface area contributed by atoms with Gasteiger partial charge in [0.25, 0.3) is 0 Å². The third kappa shape index (κ3) is 5.73. The van der Waals surface area contributed by atoms with Crippen LogP contribution in [0.15, 0.2) is 29.3 Å². The van der Waals surface area contributed by atoms with Crippen molar-refractivity contribution >= 4 is 29.4 Å². The molecule has 1 aliphatic heterocycles. The lowest BCUT2D eigenvalue weighted by atomic mass is 9.57. The summed E-state index contributed by atoms with van der Waals surface area (Å²) in [5.74, 6) is 0.173. The van der Waals surface area contributed by atoms with Gasteiger partial charge in [-0.25, -0.2) is 0 Å². The van der Waals surface area contributed by atoms with Crippen molar-refractivity contribution in [1.82, 2.24) is 10.2 Å². The lowest BCUT2D eigenvalue weighted by molar-refractivity contribution is -0.144. The van der Waals surface area contributed by atoms with Gasteiger partial charge in [-0.1, -0.05) is 6.07 Å². The summed E-state index contributed by atoms with van der Waals surface area (Å²) in [6.07, 6.45) is 5.21. The second-order valence-electron chi connectivity index (χ2n) is 10.1. The maximum absolute atomic E-state index is 12.7. The van der Waals surface area contributed by atoms with Crippen LogP contribution in [-0.2, 0) is 9.59 Å². The largest absolute Gasteiger partial charge is 0.398 e. The van der Waals surface area contributed by atoms with E-state index in [1.807, 2.05) is 45.9 Å². The molecular formula is C24H35N5O2. The van der Waals surface area contributed by atoms with Crippen LogP contribution in [0.1, 0.15) is 44.7 Å². The number of likely N-dealkylation sites (tertiary alicyclic amines) is 1. The minimum absolute atomic E-state index is 0.0382. The first-order valence-corrected chi connectivity index (χ1v) is 10.8. The first kappa shape index (κ1) is 23.0. The van der Waals surface area contributed by atoms with Crippen LogP contribution < -0.4 is 16.4 Å². The highest BCUT2D eigenvalue weighted by molar-refractivity contribution is 5.94. The van der Waals surface area contributed by atoms with E-state index in [1.54, 1.807) is 19.3 Å². The van der Waals surface area contributed by atoms with Crippen molar-refractivity contribution < 1.29 is 9.59 Å². The average Bonchev–Trinajstić information content (AvgIpc) is 2.58. The van der Waals surface area contributed by atoms with Crippen LogP contribution in [0.4, 0.5) is 5.69 Å². The number of benzene rings is 1. The maximum Gasteiger partial charge on any atom is 0.234 e. The van der Waals surface area contributed by atoms with Crippen molar-refractivity contribution in [3.05, 3.63) is 35.4 Å². The Bertz CT molecular complexity index is 899. The summed E-state index contributed by atoms with van der Waals surface area (Å²) in [7, 11) is 1.70. The van der Waals surface area contributed by atoms with Gasteiger partial charge in [0.2, 0.25) is 11.8 Å². The van der Waals surface area contributed by atoms with E-state index in [0.717, 1.165) is 42.7 Å². The van der Waals surface area contributed by atoms with E-state index in [4.69, 9.17) is 5.73 Å². The lowest BCUT2D eigenvalue weighted by Crippen LogP contribution is -2.65. The molecule has 0 unspecified atom stereocenters. The molecule has 0 atom stereocenters. The van der Waals surface area contributed by atoms with E-state index >= 15 is 0 Å². The molecule has 0 bridgehead atoms. The molecule has 0 radical (unpaired) electrons. The molecule has 3 rings (SSSR count). The van der Waals surface area contributed by atoms with E-state index in [9.17, 15) is 9.59 Å². The van der Waals surface area contributed by atoms with Gasteiger partial charge in [0, 0.05) is 54.8 Å². The summed E-state index contributed by atoms with van der Waals surface area (Å²) in [5, 5.41) is 6.04. The number of anilines is 1. The van der Waals surface area contributed by atoms with Crippen molar-refractivity contribution in [3.8, 4) is 0 Å². The van der Waals surface area contributed by atoms with E-state index in [0.29, 0.717) is 12.2 Å². The number of nitrogens with one attached hydrogen (secondary N) is 2. The van der Waals surface area contributed by atoms with E-state index < -0.39 is 0 Å². The second kappa shape index (κ2) is 8.83. The van der Waals surface area contributed by atoms with Crippen LogP contribution in [-0.4, -0.2) is 55.1 Å². The summed E-state index contributed by atoms with van der Waals surface area (Å²) in [4.78, 5) is 30.8. The Morgan fingerprint density at radius 2 is 1.97 bits per heavy atom. The molecule has 7 heteroatoms. The molecule has 4 N–H and O–H groups in total. The van der Waals surface area contributed by atoms with E-state index in [1.165, 1.54) is 0 Å². The predicted molar refractivity (Wildman–Crippen MR) is 126 cm³/mol. The molecule has 2 fully saturated rings. The molecule has 1 heterocycles. The first-order valence-electron chi connectivity index (χ1n) is 10.8. The summed E-state index contributed by atoms with van der Waals surface area (Å²) in [6, 6.07) is 5.76. The molecule has 1 aliphatic carbocycles. The zero-order chi connectivity index (χ0) is 22.8. The standard InChI is InChI=1S/C24H35N5O2/c1-16-10-18(6-7-19(16)20(25)8-9-26-5)27-22(31)17-11-24(12-17)14-29(15-24)13-21(30)28-23(2,3)4/h6-10,17H,11-15,25H2,1-5H3,(H,27,31)(H,28,30)/b20-8-,26-9?. The SMILES string of the molecule is CN=C/C=C(\N)c1ccc(NC(=O)C2CC3(C2)CN(CC(=O)NC(C)(C)C)C3)cc1C. The summed E-state index contributed by atoms with van der Waals surface area (Å²) in [5.41, 5.74) is 9.47. The normalized spacial score (nSPS) is 19.2. The molecule has 7 nitrogen and oxygen atoms in total. The molecule has 1 aromatic carbocycles. The number of nitrogens with zero attached hydrogens (tertiary/aromatic N) is 2. The summed E-state index contributed by atoms with van der Waals surface area (Å²) < 4.78 is 0. The van der Waals surface area contributed by atoms with Crippen LogP contribution >= 0.6 is 0 Å². The van der Waals surface area contributed by atoms with Crippen LogP contribution in [0.2, 0.25) is 0 Å². The summed E-state index contributed by atoms with van der Waals surface area (Å²) >= 11 is 0. The molecule has 1 saturated heterocycles. The monoisotopic (exact) mass is 425 g/mol. The van der Waals surface area contributed by atoms with E-state index in [2.05, 4.69) is 20.5 Å². The predicted octanol–water partition coefficient (Wildman–Crippen LogP) is 2.56. The van der Waals surface area contributed by atoms with Gasteiger partial charge < -0.3 is 16.4 Å². The zero-order valence-electron chi connectivity index (χ0n) is 19.3. The fourth-order valence-electron chi connectivity index (χ4n) is 4.66. The van der Waals surface area contributed by atoms with Crippen molar-refractivity contribution in [2.45, 2.75) is 46.1 Å². The number of aryl methyl sites for hydroxylation is 1. The number of carbonyl (C=O) groups is 2. The first-order chi connectivity index (χ1) is 14.5. The molecule has 168 valence electrons.